The number of piperidine rings is 1. The van der Waals surface area contributed by atoms with Gasteiger partial charge in [-0.2, -0.15) is 0 Å². The molecule has 2 heterocycles. The molecule has 2 atom stereocenters. The van der Waals surface area contributed by atoms with Crippen molar-refractivity contribution >= 4 is 17.0 Å². The molecule has 0 N–H and O–H groups in total. The smallest absolute Gasteiger partial charge is 0.226 e. The van der Waals surface area contributed by atoms with Crippen molar-refractivity contribution in [2.75, 3.05) is 13.1 Å². The zero-order valence-corrected chi connectivity index (χ0v) is 15.9. The molecule has 1 aromatic heterocycles. The Morgan fingerprint density at radius 1 is 1.18 bits per heavy atom. The second-order valence-corrected chi connectivity index (χ2v) is 8.08. The van der Waals surface area contributed by atoms with Crippen LogP contribution < -0.4 is 0 Å². The molecule has 144 valence electrons. The van der Waals surface area contributed by atoms with Crippen molar-refractivity contribution < 1.29 is 13.6 Å². The van der Waals surface area contributed by atoms with Gasteiger partial charge < -0.3 is 9.32 Å². The van der Waals surface area contributed by atoms with E-state index in [1.807, 2.05) is 36.1 Å². The molecule has 1 aliphatic carbocycles. The number of para-hydroxylation sites is 1. The molecular formula is C23H23FN2O2. The maximum Gasteiger partial charge on any atom is 0.226 e. The van der Waals surface area contributed by atoms with Gasteiger partial charge in [0.2, 0.25) is 5.91 Å². The molecule has 0 radical (unpaired) electrons. The number of carbonyl (C=O) groups excluding carboxylic acids is 1. The van der Waals surface area contributed by atoms with Crippen LogP contribution in [0.25, 0.3) is 11.1 Å². The Morgan fingerprint density at radius 3 is 2.71 bits per heavy atom. The molecule has 0 spiro atoms. The van der Waals surface area contributed by atoms with Gasteiger partial charge >= 0.3 is 0 Å². The number of carbonyl (C=O) groups is 1. The lowest BCUT2D eigenvalue weighted by atomic mass is 9.96. The molecule has 5 heteroatoms. The number of hydrogen-bond donors (Lipinski definition) is 0. The van der Waals surface area contributed by atoms with Crippen LogP contribution in [0.15, 0.2) is 46.9 Å². The summed E-state index contributed by atoms with van der Waals surface area (Å²) < 4.78 is 19.5. The number of rotatable bonds is 3. The third kappa shape index (κ3) is 3.09. The van der Waals surface area contributed by atoms with E-state index in [4.69, 9.17) is 4.42 Å². The highest BCUT2D eigenvalue weighted by atomic mass is 19.1. The predicted octanol–water partition coefficient (Wildman–Crippen LogP) is 4.79. The number of fused-ring (bicyclic) bond motifs is 1. The SMILES string of the molecule is Cc1cccc2nc(C3CCN(C(=O)[C@H]4C[C@H]4c4cccc(F)c4)CC3)oc12. The van der Waals surface area contributed by atoms with Crippen LogP contribution in [0.3, 0.4) is 0 Å². The van der Waals surface area contributed by atoms with E-state index in [-0.39, 0.29) is 29.5 Å². The van der Waals surface area contributed by atoms with Crippen molar-refractivity contribution in [1.29, 1.82) is 0 Å². The number of nitrogens with zero attached hydrogens (tertiary/aromatic N) is 2. The number of hydrogen-bond acceptors (Lipinski definition) is 3. The quantitative estimate of drug-likeness (QED) is 0.659. The Labute approximate surface area is 163 Å². The lowest BCUT2D eigenvalue weighted by Crippen LogP contribution is -2.39. The monoisotopic (exact) mass is 378 g/mol. The van der Waals surface area contributed by atoms with Crippen LogP contribution in [-0.4, -0.2) is 28.9 Å². The largest absolute Gasteiger partial charge is 0.440 e. The lowest BCUT2D eigenvalue weighted by Gasteiger charge is -2.31. The van der Waals surface area contributed by atoms with E-state index in [2.05, 4.69) is 4.98 Å². The minimum Gasteiger partial charge on any atom is -0.440 e. The number of amides is 1. The zero-order valence-electron chi connectivity index (χ0n) is 15.9. The maximum absolute atomic E-state index is 13.4. The fourth-order valence-electron chi connectivity index (χ4n) is 4.43. The molecule has 28 heavy (non-hydrogen) atoms. The minimum atomic E-state index is -0.231. The van der Waals surface area contributed by atoms with E-state index in [1.54, 1.807) is 12.1 Å². The summed E-state index contributed by atoms with van der Waals surface area (Å²) in [5.41, 5.74) is 3.81. The van der Waals surface area contributed by atoms with E-state index in [0.29, 0.717) is 0 Å². The average Bonchev–Trinajstić information content (AvgIpc) is 3.39. The van der Waals surface area contributed by atoms with E-state index in [0.717, 1.165) is 60.5 Å². The minimum absolute atomic E-state index is 0.00493. The lowest BCUT2D eigenvalue weighted by molar-refractivity contribution is -0.133. The number of oxazole rings is 1. The van der Waals surface area contributed by atoms with Crippen LogP contribution in [0.2, 0.25) is 0 Å². The second kappa shape index (κ2) is 6.73. The number of likely N-dealkylation sites (tertiary alicyclic amines) is 1. The first-order valence-electron chi connectivity index (χ1n) is 10.0. The molecule has 2 fully saturated rings. The van der Waals surface area contributed by atoms with E-state index in [9.17, 15) is 9.18 Å². The summed E-state index contributed by atoms with van der Waals surface area (Å²) in [4.78, 5) is 19.5. The first-order valence-corrected chi connectivity index (χ1v) is 10.0. The van der Waals surface area contributed by atoms with Gasteiger partial charge in [0.25, 0.3) is 0 Å². The van der Waals surface area contributed by atoms with Crippen molar-refractivity contribution in [2.45, 2.75) is 38.0 Å². The van der Waals surface area contributed by atoms with Gasteiger partial charge in [-0.05, 0) is 61.4 Å². The Balaban J connectivity index is 1.22. The van der Waals surface area contributed by atoms with E-state index in [1.165, 1.54) is 6.07 Å². The van der Waals surface area contributed by atoms with Gasteiger partial charge in [0, 0.05) is 24.9 Å². The molecule has 4 nitrogen and oxygen atoms in total. The summed E-state index contributed by atoms with van der Waals surface area (Å²) in [6.45, 7) is 3.49. The normalized spacial score (nSPS) is 22.6. The van der Waals surface area contributed by atoms with E-state index < -0.39 is 0 Å². The molecule has 0 bridgehead atoms. The molecular weight excluding hydrogens is 355 g/mol. The number of halogens is 1. The Bertz CT molecular complexity index is 1040. The van der Waals surface area contributed by atoms with Gasteiger partial charge in [0.1, 0.15) is 11.3 Å². The van der Waals surface area contributed by atoms with Crippen LogP contribution in [0.5, 0.6) is 0 Å². The van der Waals surface area contributed by atoms with E-state index >= 15 is 0 Å². The molecule has 2 aromatic carbocycles. The molecule has 2 aliphatic rings. The van der Waals surface area contributed by atoms with Crippen LogP contribution in [0.4, 0.5) is 4.39 Å². The summed E-state index contributed by atoms with van der Waals surface area (Å²) in [7, 11) is 0. The summed E-state index contributed by atoms with van der Waals surface area (Å²) >= 11 is 0. The summed E-state index contributed by atoms with van der Waals surface area (Å²) in [6.07, 6.45) is 2.57. The average molecular weight is 378 g/mol. The van der Waals surface area contributed by atoms with Gasteiger partial charge in [-0.25, -0.2) is 9.37 Å². The van der Waals surface area contributed by atoms with Crippen molar-refractivity contribution in [3.05, 3.63) is 65.3 Å². The fourth-order valence-corrected chi connectivity index (χ4v) is 4.43. The first-order chi connectivity index (χ1) is 13.6. The number of aromatic nitrogens is 1. The number of aryl methyl sites for hydroxylation is 1. The molecule has 1 saturated carbocycles. The van der Waals surface area contributed by atoms with Crippen molar-refractivity contribution in [2.24, 2.45) is 5.92 Å². The third-order valence-electron chi connectivity index (χ3n) is 6.17. The van der Waals surface area contributed by atoms with Gasteiger partial charge in [0.15, 0.2) is 11.5 Å². The van der Waals surface area contributed by atoms with Crippen LogP contribution in [-0.2, 0) is 4.79 Å². The van der Waals surface area contributed by atoms with Crippen LogP contribution in [0.1, 0.15) is 48.1 Å². The standard InChI is InChI=1S/C23H23FN2O2/c1-14-4-2-7-20-21(14)28-22(25-20)15-8-10-26(11-9-15)23(27)19-13-18(19)16-5-3-6-17(24)12-16/h2-7,12,15,18-19H,8-11,13H2,1H3/t18-,19-/m0/s1. The third-order valence-corrected chi connectivity index (χ3v) is 6.17. The summed E-state index contributed by atoms with van der Waals surface area (Å²) in [5.74, 6) is 1.20. The maximum atomic E-state index is 13.4. The molecule has 0 unspecified atom stereocenters. The fraction of sp³-hybridized carbons (Fsp3) is 0.391. The van der Waals surface area contributed by atoms with Gasteiger partial charge in [-0.15, -0.1) is 0 Å². The highest BCUT2D eigenvalue weighted by Crippen LogP contribution is 2.49. The van der Waals surface area contributed by atoms with Crippen LogP contribution >= 0.6 is 0 Å². The Morgan fingerprint density at radius 2 is 1.96 bits per heavy atom. The highest BCUT2D eigenvalue weighted by Gasteiger charge is 2.46. The van der Waals surface area contributed by atoms with Gasteiger partial charge in [-0.3, -0.25) is 4.79 Å². The second-order valence-electron chi connectivity index (χ2n) is 8.08. The number of benzene rings is 2. The molecule has 1 amide bonds. The molecule has 1 saturated heterocycles. The zero-order chi connectivity index (χ0) is 19.3. The molecule has 1 aliphatic heterocycles. The first kappa shape index (κ1) is 17.4. The predicted molar refractivity (Wildman–Crippen MR) is 105 cm³/mol. The van der Waals surface area contributed by atoms with Crippen molar-refractivity contribution in [3.63, 3.8) is 0 Å². The highest BCUT2D eigenvalue weighted by molar-refractivity contribution is 5.83. The Kier molecular flexibility index (Phi) is 4.18. The Hall–Kier alpha value is -2.69. The molecule has 3 aromatic rings. The summed E-state index contributed by atoms with van der Waals surface area (Å²) in [6, 6.07) is 12.6. The van der Waals surface area contributed by atoms with Crippen molar-refractivity contribution in [3.8, 4) is 0 Å². The van der Waals surface area contributed by atoms with Crippen LogP contribution in [0, 0.1) is 18.7 Å². The topological polar surface area (TPSA) is 46.3 Å². The summed E-state index contributed by atoms with van der Waals surface area (Å²) in [5, 5.41) is 0. The molecule has 5 rings (SSSR count). The van der Waals surface area contributed by atoms with Crippen molar-refractivity contribution in [1.82, 2.24) is 9.88 Å². The van der Waals surface area contributed by atoms with Gasteiger partial charge in [-0.1, -0.05) is 24.3 Å². The van der Waals surface area contributed by atoms with Gasteiger partial charge in [0.05, 0.1) is 0 Å².